The lowest BCUT2D eigenvalue weighted by Crippen LogP contribution is -2.15. The zero-order valence-corrected chi connectivity index (χ0v) is 18.3. The van der Waals surface area contributed by atoms with Crippen LogP contribution in [-0.2, 0) is 0 Å². The molecule has 0 aliphatic carbocycles. The van der Waals surface area contributed by atoms with E-state index in [1.54, 1.807) is 10.7 Å². The van der Waals surface area contributed by atoms with E-state index in [0.29, 0.717) is 22.7 Å². The summed E-state index contributed by atoms with van der Waals surface area (Å²) in [5.74, 6) is 1.21. The molecule has 0 spiro atoms. The molecule has 1 amide bonds. The van der Waals surface area contributed by atoms with Crippen molar-refractivity contribution in [3.8, 4) is 22.6 Å². The number of aromatic nitrogens is 3. The van der Waals surface area contributed by atoms with Gasteiger partial charge >= 0.3 is 0 Å². The Balaban J connectivity index is 1.38. The number of carbonyl (C=O) groups is 1. The average molecular weight is 434 g/mol. The van der Waals surface area contributed by atoms with Crippen molar-refractivity contribution in [3.05, 3.63) is 108 Å². The second-order valence-corrected chi connectivity index (χ2v) is 7.73. The molecule has 0 saturated carbocycles. The molecule has 0 aliphatic rings. The maximum Gasteiger partial charge on any atom is 0.259 e. The monoisotopic (exact) mass is 434 g/mol. The van der Waals surface area contributed by atoms with Crippen molar-refractivity contribution in [2.75, 3.05) is 5.32 Å². The number of aryl methyl sites for hydroxylation is 2. The number of hydrogen-bond acceptors (Lipinski definition) is 4. The zero-order valence-electron chi connectivity index (χ0n) is 18.3. The average Bonchev–Trinajstić information content (AvgIpc) is 3.15. The van der Waals surface area contributed by atoms with Crippen molar-refractivity contribution in [2.24, 2.45) is 0 Å². The van der Waals surface area contributed by atoms with E-state index in [-0.39, 0.29) is 5.91 Å². The molecule has 2 aromatic heterocycles. The molecular formula is C27H22N4O2. The van der Waals surface area contributed by atoms with Gasteiger partial charge in [-0.25, -0.2) is 9.50 Å². The van der Waals surface area contributed by atoms with Crippen LogP contribution in [-0.4, -0.2) is 20.5 Å². The molecule has 0 bridgehead atoms. The maximum atomic E-state index is 13.0. The van der Waals surface area contributed by atoms with Gasteiger partial charge in [-0.2, -0.15) is 5.10 Å². The van der Waals surface area contributed by atoms with Gasteiger partial charge in [-0.05, 0) is 55.8 Å². The fourth-order valence-electron chi connectivity index (χ4n) is 3.76. The van der Waals surface area contributed by atoms with Gasteiger partial charge < -0.3 is 10.1 Å². The number of rotatable bonds is 5. The van der Waals surface area contributed by atoms with Crippen LogP contribution in [0.4, 0.5) is 5.69 Å². The first-order valence-corrected chi connectivity index (χ1v) is 10.6. The Hall–Kier alpha value is -4.45. The van der Waals surface area contributed by atoms with Crippen LogP contribution in [0, 0.1) is 13.8 Å². The number of ether oxygens (including phenoxy) is 1. The van der Waals surface area contributed by atoms with E-state index in [2.05, 4.69) is 10.4 Å². The SMILES string of the molecule is Cc1nc2c(-c3ccccc3)c(C)nn2cc1C(=O)Nc1ccc(Oc2ccccc2)cc1. The molecule has 6 nitrogen and oxygen atoms in total. The van der Waals surface area contributed by atoms with Gasteiger partial charge in [-0.3, -0.25) is 4.79 Å². The lowest BCUT2D eigenvalue weighted by molar-refractivity contribution is 0.102. The van der Waals surface area contributed by atoms with Gasteiger partial charge in [0.15, 0.2) is 5.65 Å². The third kappa shape index (κ3) is 4.19. The standard InChI is InChI=1S/C27H22N4O2/c1-18-24(17-31-26(28-18)25(19(2)30-31)20-9-5-3-6-10-20)27(32)29-21-13-15-23(16-14-21)33-22-11-7-4-8-12-22/h3-17H,1-2H3,(H,29,32). The molecule has 33 heavy (non-hydrogen) atoms. The van der Waals surface area contributed by atoms with Gasteiger partial charge in [0.2, 0.25) is 0 Å². The number of nitrogens with one attached hydrogen (secondary N) is 1. The minimum absolute atomic E-state index is 0.243. The molecular weight excluding hydrogens is 412 g/mol. The first kappa shape index (κ1) is 20.5. The highest BCUT2D eigenvalue weighted by Crippen LogP contribution is 2.28. The predicted octanol–water partition coefficient (Wildman–Crippen LogP) is 6.06. The Labute approximate surface area is 191 Å². The summed E-state index contributed by atoms with van der Waals surface area (Å²) in [5.41, 5.74) is 5.39. The Morgan fingerprint density at radius 2 is 1.45 bits per heavy atom. The minimum Gasteiger partial charge on any atom is -0.457 e. The van der Waals surface area contributed by atoms with Gasteiger partial charge in [-0.15, -0.1) is 0 Å². The molecule has 162 valence electrons. The number of fused-ring (bicyclic) bond motifs is 1. The Morgan fingerprint density at radius 1 is 0.818 bits per heavy atom. The van der Waals surface area contributed by atoms with E-state index in [1.165, 1.54) is 0 Å². The summed E-state index contributed by atoms with van der Waals surface area (Å²) in [5, 5.41) is 7.52. The predicted molar refractivity (Wildman–Crippen MR) is 129 cm³/mol. The van der Waals surface area contributed by atoms with E-state index in [4.69, 9.17) is 9.72 Å². The van der Waals surface area contributed by atoms with Crippen LogP contribution in [0.15, 0.2) is 91.1 Å². The molecule has 0 saturated heterocycles. The summed E-state index contributed by atoms with van der Waals surface area (Å²) in [4.78, 5) is 17.7. The van der Waals surface area contributed by atoms with Gasteiger partial charge in [0.25, 0.3) is 5.91 Å². The zero-order chi connectivity index (χ0) is 22.8. The Bertz CT molecular complexity index is 1430. The van der Waals surface area contributed by atoms with Crippen LogP contribution in [0.1, 0.15) is 21.7 Å². The number of carbonyl (C=O) groups excluding carboxylic acids is 1. The second kappa shape index (κ2) is 8.59. The first-order chi connectivity index (χ1) is 16.1. The van der Waals surface area contributed by atoms with Crippen molar-refractivity contribution >= 4 is 17.2 Å². The summed E-state index contributed by atoms with van der Waals surface area (Å²) in [7, 11) is 0. The van der Waals surface area contributed by atoms with E-state index >= 15 is 0 Å². The number of nitrogens with zero attached hydrogens (tertiary/aromatic N) is 3. The van der Waals surface area contributed by atoms with Gasteiger partial charge in [0, 0.05) is 17.4 Å². The molecule has 0 unspecified atom stereocenters. The fraction of sp³-hybridized carbons (Fsp3) is 0.0741. The number of hydrogen-bond donors (Lipinski definition) is 1. The molecule has 0 aliphatic heterocycles. The highest BCUT2D eigenvalue weighted by Gasteiger charge is 2.18. The van der Waals surface area contributed by atoms with Crippen molar-refractivity contribution in [2.45, 2.75) is 13.8 Å². The normalized spacial score (nSPS) is 10.8. The topological polar surface area (TPSA) is 68.5 Å². The van der Waals surface area contributed by atoms with Crippen molar-refractivity contribution < 1.29 is 9.53 Å². The van der Waals surface area contributed by atoms with Crippen LogP contribution < -0.4 is 10.1 Å². The van der Waals surface area contributed by atoms with Crippen LogP contribution >= 0.6 is 0 Å². The molecule has 5 rings (SSSR count). The number of para-hydroxylation sites is 1. The van der Waals surface area contributed by atoms with Crippen LogP contribution in [0.2, 0.25) is 0 Å². The Morgan fingerprint density at radius 3 is 2.15 bits per heavy atom. The van der Waals surface area contributed by atoms with Crippen LogP contribution in [0.5, 0.6) is 11.5 Å². The smallest absolute Gasteiger partial charge is 0.259 e. The van der Waals surface area contributed by atoms with Crippen molar-refractivity contribution in [1.82, 2.24) is 14.6 Å². The molecule has 3 aromatic carbocycles. The van der Waals surface area contributed by atoms with Crippen molar-refractivity contribution in [3.63, 3.8) is 0 Å². The number of anilines is 1. The highest BCUT2D eigenvalue weighted by atomic mass is 16.5. The van der Waals surface area contributed by atoms with Gasteiger partial charge in [-0.1, -0.05) is 48.5 Å². The molecule has 0 radical (unpaired) electrons. The second-order valence-electron chi connectivity index (χ2n) is 7.73. The van der Waals surface area contributed by atoms with Gasteiger partial charge in [0.05, 0.1) is 17.0 Å². The van der Waals surface area contributed by atoms with Crippen molar-refractivity contribution in [1.29, 1.82) is 0 Å². The lowest BCUT2D eigenvalue weighted by Gasteiger charge is -2.10. The summed E-state index contributed by atoms with van der Waals surface area (Å²) < 4.78 is 7.48. The van der Waals surface area contributed by atoms with Crippen LogP contribution in [0.25, 0.3) is 16.8 Å². The lowest BCUT2D eigenvalue weighted by atomic mass is 10.1. The molecule has 1 N–H and O–H groups in total. The van der Waals surface area contributed by atoms with E-state index in [9.17, 15) is 4.79 Å². The molecule has 0 atom stereocenters. The van der Waals surface area contributed by atoms with E-state index in [0.717, 1.165) is 28.2 Å². The fourth-order valence-corrected chi connectivity index (χ4v) is 3.76. The molecule has 0 fully saturated rings. The quantitative estimate of drug-likeness (QED) is 0.365. The number of amides is 1. The first-order valence-electron chi connectivity index (χ1n) is 10.6. The summed E-state index contributed by atoms with van der Waals surface area (Å²) >= 11 is 0. The van der Waals surface area contributed by atoms with Crippen LogP contribution in [0.3, 0.4) is 0 Å². The third-order valence-corrected chi connectivity index (χ3v) is 5.37. The molecule has 5 aromatic rings. The Kier molecular flexibility index (Phi) is 5.32. The van der Waals surface area contributed by atoms with Gasteiger partial charge in [0.1, 0.15) is 11.5 Å². The highest BCUT2D eigenvalue weighted by molar-refractivity contribution is 6.05. The third-order valence-electron chi connectivity index (χ3n) is 5.37. The molecule has 2 heterocycles. The minimum atomic E-state index is -0.243. The van der Waals surface area contributed by atoms with E-state index in [1.807, 2.05) is 98.8 Å². The summed E-state index contributed by atoms with van der Waals surface area (Å²) in [6.45, 7) is 3.79. The largest absolute Gasteiger partial charge is 0.457 e. The van der Waals surface area contributed by atoms with E-state index < -0.39 is 0 Å². The summed E-state index contributed by atoms with van der Waals surface area (Å²) in [6.07, 6.45) is 1.74. The maximum absolute atomic E-state index is 13.0. The number of benzene rings is 3. The molecule has 6 heteroatoms. The summed E-state index contributed by atoms with van der Waals surface area (Å²) in [6, 6.07) is 26.8.